The summed E-state index contributed by atoms with van der Waals surface area (Å²) in [5.74, 6) is -2.12. The quantitative estimate of drug-likeness (QED) is 0.551. The van der Waals surface area contributed by atoms with Crippen molar-refractivity contribution in [3.05, 3.63) is 59.7 Å². The fourth-order valence-corrected chi connectivity index (χ4v) is 4.75. The van der Waals surface area contributed by atoms with Crippen molar-refractivity contribution in [1.29, 1.82) is 0 Å². The number of ether oxygens (including phenoxy) is 2. The molecule has 1 saturated heterocycles. The number of nitrogens with one attached hydrogen (secondary N) is 2. The van der Waals surface area contributed by atoms with Crippen LogP contribution in [0.3, 0.4) is 0 Å². The van der Waals surface area contributed by atoms with E-state index < -0.39 is 30.1 Å². The first-order valence-electron chi connectivity index (χ1n) is 11.6. The molecule has 1 aliphatic carbocycles. The summed E-state index contributed by atoms with van der Waals surface area (Å²) < 4.78 is 11.1. The maximum absolute atomic E-state index is 12.6. The van der Waals surface area contributed by atoms with E-state index >= 15 is 0 Å². The molecule has 0 aromatic heterocycles. The number of rotatable bonds is 8. The average molecular weight is 467 g/mol. The van der Waals surface area contributed by atoms with Crippen LogP contribution < -0.4 is 10.6 Å². The van der Waals surface area contributed by atoms with E-state index in [-0.39, 0.29) is 30.9 Å². The average Bonchev–Trinajstić information content (AvgIpc) is 3.42. The summed E-state index contributed by atoms with van der Waals surface area (Å²) in [6.45, 7) is 4.23. The lowest BCUT2D eigenvalue weighted by molar-refractivity contribution is -0.145. The summed E-state index contributed by atoms with van der Waals surface area (Å²) in [5.41, 5.74) is 4.58. The van der Waals surface area contributed by atoms with Crippen LogP contribution in [-0.4, -0.2) is 55.0 Å². The van der Waals surface area contributed by atoms with E-state index in [1.807, 2.05) is 24.3 Å². The van der Waals surface area contributed by atoms with E-state index in [2.05, 4.69) is 34.9 Å². The second-order valence-electron chi connectivity index (χ2n) is 9.12. The van der Waals surface area contributed by atoms with Crippen molar-refractivity contribution in [3.8, 4) is 11.1 Å². The van der Waals surface area contributed by atoms with Crippen LogP contribution in [0.2, 0.25) is 0 Å². The second-order valence-corrected chi connectivity index (χ2v) is 9.12. The number of fused-ring (bicyclic) bond motifs is 3. The molecule has 0 radical (unpaired) electrons. The first kappa shape index (κ1) is 23.8. The summed E-state index contributed by atoms with van der Waals surface area (Å²) >= 11 is 0. The molecule has 34 heavy (non-hydrogen) atoms. The summed E-state index contributed by atoms with van der Waals surface area (Å²) in [6.07, 6.45) is -0.783. The molecule has 0 bridgehead atoms. The van der Waals surface area contributed by atoms with Gasteiger partial charge >= 0.3 is 12.1 Å². The number of carboxylic acid groups (broad SMARTS) is 1. The van der Waals surface area contributed by atoms with E-state index in [0.29, 0.717) is 13.0 Å². The Hall–Kier alpha value is -3.39. The van der Waals surface area contributed by atoms with Crippen molar-refractivity contribution in [2.24, 2.45) is 11.8 Å². The number of benzene rings is 2. The van der Waals surface area contributed by atoms with Gasteiger partial charge in [-0.1, -0.05) is 62.4 Å². The van der Waals surface area contributed by atoms with Gasteiger partial charge in [0.1, 0.15) is 18.8 Å². The number of carbonyl (C=O) groups is 3. The van der Waals surface area contributed by atoms with Gasteiger partial charge in [-0.2, -0.15) is 0 Å². The lowest BCUT2D eigenvalue weighted by Gasteiger charge is -2.23. The van der Waals surface area contributed by atoms with E-state index in [4.69, 9.17) is 9.47 Å². The summed E-state index contributed by atoms with van der Waals surface area (Å²) in [4.78, 5) is 36.5. The van der Waals surface area contributed by atoms with E-state index in [1.165, 1.54) is 0 Å². The molecule has 0 saturated carbocycles. The molecule has 2 amide bonds. The van der Waals surface area contributed by atoms with Gasteiger partial charge in [0.15, 0.2) is 0 Å². The highest BCUT2D eigenvalue weighted by Gasteiger charge is 2.37. The third kappa shape index (κ3) is 4.92. The predicted octanol–water partition coefficient (Wildman–Crippen LogP) is 3.16. The third-order valence-corrected chi connectivity index (χ3v) is 6.56. The summed E-state index contributed by atoms with van der Waals surface area (Å²) in [5, 5.41) is 14.6. The molecule has 8 heteroatoms. The van der Waals surface area contributed by atoms with Crippen LogP contribution in [0.15, 0.2) is 48.5 Å². The Bertz CT molecular complexity index is 1020. The molecule has 0 spiro atoms. The van der Waals surface area contributed by atoms with Gasteiger partial charge in [-0.3, -0.25) is 4.79 Å². The van der Waals surface area contributed by atoms with Crippen LogP contribution in [0.1, 0.15) is 37.3 Å². The molecular formula is C26H30N2O6. The molecule has 2 aromatic rings. The minimum Gasteiger partial charge on any atom is -0.480 e. The van der Waals surface area contributed by atoms with Crippen LogP contribution in [0.5, 0.6) is 0 Å². The maximum atomic E-state index is 12.6. The predicted molar refractivity (Wildman–Crippen MR) is 125 cm³/mol. The van der Waals surface area contributed by atoms with Gasteiger partial charge in [0.25, 0.3) is 0 Å². The van der Waals surface area contributed by atoms with E-state index in [9.17, 15) is 19.5 Å². The number of carboxylic acids is 1. The van der Waals surface area contributed by atoms with Gasteiger partial charge < -0.3 is 25.2 Å². The summed E-state index contributed by atoms with van der Waals surface area (Å²) in [6, 6.07) is 15.2. The summed E-state index contributed by atoms with van der Waals surface area (Å²) in [7, 11) is 0. The largest absolute Gasteiger partial charge is 0.480 e. The maximum Gasteiger partial charge on any atom is 0.407 e. The minimum atomic E-state index is -1.09. The van der Waals surface area contributed by atoms with Crippen molar-refractivity contribution >= 4 is 18.0 Å². The van der Waals surface area contributed by atoms with Gasteiger partial charge in [0.2, 0.25) is 5.91 Å². The van der Waals surface area contributed by atoms with Crippen molar-refractivity contribution in [2.45, 2.75) is 38.3 Å². The molecular weight excluding hydrogens is 436 g/mol. The Morgan fingerprint density at radius 1 is 1.06 bits per heavy atom. The van der Waals surface area contributed by atoms with Crippen LogP contribution >= 0.6 is 0 Å². The van der Waals surface area contributed by atoms with Gasteiger partial charge in [-0.15, -0.1) is 0 Å². The Morgan fingerprint density at radius 2 is 1.68 bits per heavy atom. The Kier molecular flexibility index (Phi) is 7.17. The lowest BCUT2D eigenvalue weighted by atomic mass is 9.98. The molecule has 180 valence electrons. The molecule has 4 rings (SSSR count). The highest BCUT2D eigenvalue weighted by Crippen LogP contribution is 2.44. The van der Waals surface area contributed by atoms with E-state index in [1.54, 1.807) is 13.8 Å². The SMILES string of the molecule is CC(C)[C@@H](NC(=O)[C@@H]1OCC[C@@H]1CNC(=O)OCC1c2ccccc2-c2ccccc21)C(=O)O. The zero-order valence-electron chi connectivity index (χ0n) is 19.3. The van der Waals surface area contributed by atoms with Crippen molar-refractivity contribution in [3.63, 3.8) is 0 Å². The standard InChI is InChI=1S/C26H30N2O6/c1-15(2)22(25(30)31)28-24(29)23-16(11-12-33-23)13-27-26(32)34-14-21-19-9-5-3-7-17(19)18-8-4-6-10-20(18)21/h3-10,15-16,21-23H,11-14H2,1-2H3,(H,27,32)(H,28,29)(H,30,31)/t16-,22-,23-/m1/s1. The van der Waals surface area contributed by atoms with Gasteiger partial charge in [0, 0.05) is 25.0 Å². The number of alkyl carbamates (subject to hydrolysis) is 1. The molecule has 8 nitrogen and oxygen atoms in total. The highest BCUT2D eigenvalue weighted by molar-refractivity contribution is 5.87. The molecule has 2 aliphatic rings. The smallest absolute Gasteiger partial charge is 0.407 e. The number of aliphatic carboxylic acids is 1. The number of carbonyl (C=O) groups excluding carboxylic acids is 2. The molecule has 0 unspecified atom stereocenters. The molecule has 3 N–H and O–H groups in total. The third-order valence-electron chi connectivity index (χ3n) is 6.56. The molecule has 1 aliphatic heterocycles. The zero-order chi connectivity index (χ0) is 24.2. The molecule has 1 fully saturated rings. The lowest BCUT2D eigenvalue weighted by Crippen LogP contribution is -2.50. The first-order valence-corrected chi connectivity index (χ1v) is 11.6. The Balaban J connectivity index is 1.31. The van der Waals surface area contributed by atoms with Crippen LogP contribution in [-0.2, 0) is 19.1 Å². The number of amides is 2. The van der Waals surface area contributed by atoms with Gasteiger partial charge in [0.05, 0.1) is 0 Å². The zero-order valence-corrected chi connectivity index (χ0v) is 19.3. The van der Waals surface area contributed by atoms with E-state index in [0.717, 1.165) is 22.3 Å². The van der Waals surface area contributed by atoms with Crippen molar-refractivity contribution < 1.29 is 29.0 Å². The normalized spacial score (nSPS) is 19.9. The fraction of sp³-hybridized carbons (Fsp3) is 0.423. The van der Waals surface area contributed by atoms with Crippen LogP contribution in [0.4, 0.5) is 4.79 Å². The topological polar surface area (TPSA) is 114 Å². The van der Waals surface area contributed by atoms with Crippen molar-refractivity contribution in [1.82, 2.24) is 10.6 Å². The fourth-order valence-electron chi connectivity index (χ4n) is 4.75. The molecule has 3 atom stereocenters. The second kappa shape index (κ2) is 10.3. The minimum absolute atomic E-state index is 0.0320. The monoisotopic (exact) mass is 466 g/mol. The molecule has 2 aromatic carbocycles. The number of hydrogen-bond donors (Lipinski definition) is 3. The van der Waals surface area contributed by atoms with Gasteiger partial charge in [-0.05, 0) is 34.6 Å². The Morgan fingerprint density at radius 3 is 2.26 bits per heavy atom. The van der Waals surface area contributed by atoms with Crippen LogP contribution in [0, 0.1) is 11.8 Å². The highest BCUT2D eigenvalue weighted by atomic mass is 16.5. The van der Waals surface area contributed by atoms with Crippen LogP contribution in [0.25, 0.3) is 11.1 Å². The number of hydrogen-bond acceptors (Lipinski definition) is 5. The first-order chi connectivity index (χ1) is 16.4. The molecule has 1 heterocycles. The van der Waals surface area contributed by atoms with Gasteiger partial charge in [-0.25, -0.2) is 9.59 Å². The Labute approximate surface area is 198 Å². The van der Waals surface area contributed by atoms with Crippen molar-refractivity contribution in [2.75, 3.05) is 19.8 Å².